The fourth-order valence-corrected chi connectivity index (χ4v) is 2.95. The Hall–Kier alpha value is -0.650. The maximum atomic E-state index is 12.5. The quantitative estimate of drug-likeness (QED) is 0.765. The van der Waals surface area contributed by atoms with Crippen LogP contribution in [0, 0.1) is 5.41 Å². The molecule has 2 aliphatic heterocycles. The van der Waals surface area contributed by atoms with Crippen molar-refractivity contribution in [3.05, 3.63) is 0 Å². The Kier molecular flexibility index (Phi) is 3.94. The molecule has 2 fully saturated rings. The van der Waals surface area contributed by atoms with E-state index in [4.69, 9.17) is 10.5 Å². The van der Waals surface area contributed by atoms with Gasteiger partial charge in [-0.3, -0.25) is 4.79 Å². The van der Waals surface area contributed by atoms with E-state index in [1.807, 2.05) is 18.9 Å². The van der Waals surface area contributed by atoms with Gasteiger partial charge in [-0.15, -0.1) is 0 Å². The largest absolute Gasteiger partial charge is 0.379 e. The van der Waals surface area contributed by atoms with Crippen molar-refractivity contribution >= 4 is 5.91 Å². The first-order chi connectivity index (χ1) is 8.45. The second-order valence-corrected chi connectivity index (χ2v) is 6.00. The van der Waals surface area contributed by atoms with E-state index in [9.17, 15) is 4.79 Å². The number of carbonyl (C=O) groups excluding carboxylic acids is 1. The summed E-state index contributed by atoms with van der Waals surface area (Å²) < 4.78 is 5.35. The summed E-state index contributed by atoms with van der Waals surface area (Å²) in [6.07, 6.45) is 2.40. The van der Waals surface area contributed by atoms with Crippen LogP contribution in [0.5, 0.6) is 0 Å². The number of amides is 1. The third-order valence-electron chi connectivity index (χ3n) is 4.51. The molecule has 2 aliphatic rings. The van der Waals surface area contributed by atoms with E-state index < -0.39 is 5.41 Å². The highest BCUT2D eigenvalue weighted by atomic mass is 16.5. The van der Waals surface area contributed by atoms with Gasteiger partial charge in [-0.25, -0.2) is 0 Å². The maximum absolute atomic E-state index is 12.5. The van der Waals surface area contributed by atoms with Crippen LogP contribution in [0.15, 0.2) is 0 Å². The lowest BCUT2D eigenvalue weighted by molar-refractivity contribution is -0.141. The summed E-state index contributed by atoms with van der Waals surface area (Å²) in [5.41, 5.74) is 5.45. The summed E-state index contributed by atoms with van der Waals surface area (Å²) >= 11 is 0. The van der Waals surface area contributed by atoms with Crippen LogP contribution in [0.3, 0.4) is 0 Å². The van der Waals surface area contributed by atoms with Crippen LogP contribution in [0.25, 0.3) is 0 Å². The van der Waals surface area contributed by atoms with E-state index in [1.165, 1.54) is 12.8 Å². The molecule has 2 heterocycles. The fourth-order valence-electron chi connectivity index (χ4n) is 2.95. The van der Waals surface area contributed by atoms with Crippen LogP contribution >= 0.6 is 0 Å². The molecular formula is C13H25N3O2. The number of nitrogens with two attached hydrogens (primary N) is 1. The molecule has 3 unspecified atom stereocenters. The Morgan fingerprint density at radius 1 is 1.61 bits per heavy atom. The third kappa shape index (κ3) is 2.39. The zero-order valence-electron chi connectivity index (χ0n) is 11.7. The van der Waals surface area contributed by atoms with Gasteiger partial charge in [-0.2, -0.15) is 0 Å². The standard InChI is InChI=1S/C13H25N3O2/c1-13(9-18-8-11(13)14)12(17)16(3)7-10-5-4-6-15(10)2/h10-11H,4-9,14H2,1-3H3. The SMILES string of the molecule is CN(CC1CCCN1C)C(=O)C1(C)COCC1N. The van der Waals surface area contributed by atoms with Crippen molar-refractivity contribution in [2.45, 2.75) is 31.8 Å². The highest BCUT2D eigenvalue weighted by molar-refractivity contribution is 5.83. The summed E-state index contributed by atoms with van der Waals surface area (Å²) in [5, 5.41) is 0. The van der Waals surface area contributed by atoms with Gasteiger partial charge in [0, 0.05) is 25.7 Å². The zero-order valence-corrected chi connectivity index (χ0v) is 11.7. The first kappa shape index (κ1) is 13.8. The molecule has 18 heavy (non-hydrogen) atoms. The Balaban J connectivity index is 1.96. The first-order valence-corrected chi connectivity index (χ1v) is 6.74. The monoisotopic (exact) mass is 255 g/mol. The Labute approximate surface area is 109 Å². The molecule has 1 amide bonds. The summed E-state index contributed by atoms with van der Waals surface area (Å²) in [5.74, 6) is 0.118. The number of hydrogen-bond donors (Lipinski definition) is 1. The molecular weight excluding hydrogens is 230 g/mol. The molecule has 5 heteroatoms. The fraction of sp³-hybridized carbons (Fsp3) is 0.923. The van der Waals surface area contributed by atoms with Crippen LogP contribution in [-0.2, 0) is 9.53 Å². The Morgan fingerprint density at radius 3 is 2.83 bits per heavy atom. The van der Waals surface area contributed by atoms with Gasteiger partial charge in [0.25, 0.3) is 0 Å². The van der Waals surface area contributed by atoms with E-state index in [2.05, 4.69) is 11.9 Å². The normalized spacial score (nSPS) is 37.1. The number of ether oxygens (including phenoxy) is 1. The van der Waals surface area contributed by atoms with Gasteiger partial charge in [0.1, 0.15) is 0 Å². The smallest absolute Gasteiger partial charge is 0.232 e. The van der Waals surface area contributed by atoms with Crippen molar-refractivity contribution in [1.82, 2.24) is 9.80 Å². The molecule has 0 radical (unpaired) electrons. The third-order valence-corrected chi connectivity index (χ3v) is 4.51. The van der Waals surface area contributed by atoms with Gasteiger partial charge in [-0.05, 0) is 33.4 Å². The average Bonchev–Trinajstić information content (AvgIpc) is 2.87. The molecule has 2 rings (SSSR count). The van der Waals surface area contributed by atoms with E-state index >= 15 is 0 Å². The van der Waals surface area contributed by atoms with Gasteiger partial charge in [0.2, 0.25) is 5.91 Å². The summed E-state index contributed by atoms with van der Waals surface area (Å²) in [6, 6.07) is 0.301. The van der Waals surface area contributed by atoms with E-state index in [0.29, 0.717) is 19.3 Å². The van der Waals surface area contributed by atoms with Crippen molar-refractivity contribution in [3.63, 3.8) is 0 Å². The molecule has 0 aromatic rings. The highest BCUT2D eigenvalue weighted by Gasteiger charge is 2.46. The van der Waals surface area contributed by atoms with Crippen LogP contribution in [-0.4, -0.2) is 68.2 Å². The van der Waals surface area contributed by atoms with E-state index in [0.717, 1.165) is 13.1 Å². The summed E-state index contributed by atoms with van der Waals surface area (Å²) in [4.78, 5) is 16.7. The van der Waals surface area contributed by atoms with Crippen molar-refractivity contribution in [2.75, 3.05) is 40.4 Å². The molecule has 0 bridgehead atoms. The zero-order chi connectivity index (χ0) is 13.3. The molecule has 2 N–H and O–H groups in total. The van der Waals surface area contributed by atoms with Crippen molar-refractivity contribution in [3.8, 4) is 0 Å². The lowest BCUT2D eigenvalue weighted by Gasteiger charge is -2.33. The molecule has 2 saturated heterocycles. The summed E-state index contributed by atoms with van der Waals surface area (Å²) in [6.45, 7) is 4.77. The van der Waals surface area contributed by atoms with Crippen molar-refractivity contribution in [1.29, 1.82) is 0 Å². The predicted molar refractivity (Wildman–Crippen MR) is 70.2 cm³/mol. The lowest BCUT2D eigenvalue weighted by Crippen LogP contribution is -2.52. The minimum absolute atomic E-state index is 0.118. The second-order valence-electron chi connectivity index (χ2n) is 6.00. The van der Waals surface area contributed by atoms with Crippen LogP contribution in [0.1, 0.15) is 19.8 Å². The minimum atomic E-state index is -0.550. The molecule has 0 aromatic heterocycles. The molecule has 0 aliphatic carbocycles. The number of hydrogen-bond acceptors (Lipinski definition) is 4. The first-order valence-electron chi connectivity index (χ1n) is 6.74. The van der Waals surface area contributed by atoms with Gasteiger partial charge in [-0.1, -0.05) is 0 Å². The number of nitrogens with zero attached hydrogens (tertiary/aromatic N) is 2. The highest BCUT2D eigenvalue weighted by Crippen LogP contribution is 2.29. The van der Waals surface area contributed by atoms with Crippen molar-refractivity contribution < 1.29 is 9.53 Å². The number of likely N-dealkylation sites (tertiary alicyclic amines) is 1. The molecule has 104 valence electrons. The van der Waals surface area contributed by atoms with Crippen LogP contribution in [0.4, 0.5) is 0 Å². The molecule has 5 nitrogen and oxygen atoms in total. The number of rotatable bonds is 3. The maximum Gasteiger partial charge on any atom is 0.232 e. The minimum Gasteiger partial charge on any atom is -0.379 e. The molecule has 0 aromatic carbocycles. The molecule has 0 spiro atoms. The second kappa shape index (κ2) is 5.15. The van der Waals surface area contributed by atoms with Crippen molar-refractivity contribution in [2.24, 2.45) is 11.1 Å². The van der Waals surface area contributed by atoms with Gasteiger partial charge in [0.15, 0.2) is 0 Å². The number of carbonyl (C=O) groups is 1. The Morgan fingerprint density at radius 2 is 2.33 bits per heavy atom. The van der Waals surface area contributed by atoms with Crippen LogP contribution in [0.2, 0.25) is 0 Å². The predicted octanol–water partition coefficient (Wildman–Crippen LogP) is -0.0972. The average molecular weight is 255 g/mol. The van der Waals surface area contributed by atoms with Gasteiger partial charge in [0.05, 0.1) is 18.6 Å². The number of likely N-dealkylation sites (N-methyl/N-ethyl adjacent to an activating group) is 2. The van der Waals surface area contributed by atoms with Gasteiger partial charge < -0.3 is 20.3 Å². The molecule has 3 atom stereocenters. The van der Waals surface area contributed by atoms with Crippen LogP contribution < -0.4 is 5.73 Å². The van der Waals surface area contributed by atoms with E-state index in [-0.39, 0.29) is 11.9 Å². The Bertz CT molecular complexity index is 323. The topological polar surface area (TPSA) is 58.8 Å². The lowest BCUT2D eigenvalue weighted by atomic mass is 9.84. The summed E-state index contributed by atoms with van der Waals surface area (Å²) in [7, 11) is 4.01. The van der Waals surface area contributed by atoms with Gasteiger partial charge >= 0.3 is 0 Å². The van der Waals surface area contributed by atoms with E-state index in [1.54, 1.807) is 0 Å². The molecule has 0 saturated carbocycles.